The first-order chi connectivity index (χ1) is 11.7. The van der Waals surface area contributed by atoms with Gasteiger partial charge in [0, 0.05) is 29.7 Å². The van der Waals surface area contributed by atoms with Gasteiger partial charge in [-0.25, -0.2) is 0 Å². The van der Waals surface area contributed by atoms with E-state index in [1.165, 1.54) is 12.8 Å². The summed E-state index contributed by atoms with van der Waals surface area (Å²) in [5.41, 5.74) is 7.06. The molecule has 2 fully saturated rings. The van der Waals surface area contributed by atoms with Gasteiger partial charge in [-0.3, -0.25) is 0 Å². The van der Waals surface area contributed by atoms with Gasteiger partial charge >= 0.3 is 0 Å². The van der Waals surface area contributed by atoms with Crippen molar-refractivity contribution in [2.75, 3.05) is 35.6 Å². The second kappa shape index (κ2) is 6.57. The third-order valence-electron chi connectivity index (χ3n) is 4.30. The van der Waals surface area contributed by atoms with E-state index in [0.29, 0.717) is 18.6 Å². The predicted octanol–water partition coefficient (Wildman–Crippen LogP) is 2.97. The van der Waals surface area contributed by atoms with Gasteiger partial charge in [-0.1, -0.05) is 34.1 Å². The lowest BCUT2D eigenvalue weighted by Crippen LogP contribution is -2.39. The summed E-state index contributed by atoms with van der Waals surface area (Å²) in [7, 11) is 0. The third kappa shape index (κ3) is 3.47. The van der Waals surface area contributed by atoms with Crippen LogP contribution in [0.5, 0.6) is 0 Å². The molecule has 2 aliphatic rings. The molecule has 7 heteroatoms. The Balaban J connectivity index is 1.55. The number of ether oxygens (including phenoxy) is 1. The van der Waals surface area contributed by atoms with Crippen LogP contribution in [0, 0.1) is 0 Å². The highest BCUT2D eigenvalue weighted by molar-refractivity contribution is 9.10. The molecule has 4 rings (SSSR count). The van der Waals surface area contributed by atoms with Crippen LogP contribution in [0.4, 0.5) is 17.6 Å². The zero-order chi connectivity index (χ0) is 16.5. The van der Waals surface area contributed by atoms with Crippen LogP contribution in [-0.4, -0.2) is 35.7 Å². The number of nitrogen functional groups attached to an aromatic ring is 1. The maximum atomic E-state index is 5.97. The lowest BCUT2D eigenvalue weighted by Gasteiger charge is -2.34. The minimum atomic E-state index is 0.00496. The van der Waals surface area contributed by atoms with E-state index < -0.39 is 0 Å². The lowest BCUT2D eigenvalue weighted by molar-refractivity contribution is 0.0391. The van der Waals surface area contributed by atoms with Crippen molar-refractivity contribution in [2.45, 2.75) is 25.0 Å². The predicted molar refractivity (Wildman–Crippen MR) is 98.1 cm³/mol. The number of anilines is 3. The molecule has 0 amide bonds. The Hall–Kier alpha value is -1.86. The highest BCUT2D eigenvalue weighted by Crippen LogP contribution is 2.31. The van der Waals surface area contributed by atoms with Crippen molar-refractivity contribution < 1.29 is 4.74 Å². The summed E-state index contributed by atoms with van der Waals surface area (Å²) in [6.45, 7) is 2.18. The smallest absolute Gasteiger partial charge is 0.223 e. The van der Waals surface area contributed by atoms with Crippen LogP contribution >= 0.6 is 15.9 Å². The maximum Gasteiger partial charge on any atom is 0.223 e. The number of benzene rings is 1. The average Bonchev–Trinajstić information content (AvgIpc) is 3.39. The lowest BCUT2D eigenvalue weighted by atomic mass is 10.1. The normalized spacial score (nSPS) is 20.9. The van der Waals surface area contributed by atoms with E-state index in [0.717, 1.165) is 34.8 Å². The highest BCUT2D eigenvalue weighted by atomic mass is 79.9. The molecular weight excluding hydrogens is 370 g/mol. The van der Waals surface area contributed by atoms with Gasteiger partial charge in [0.15, 0.2) is 0 Å². The van der Waals surface area contributed by atoms with E-state index in [1.807, 2.05) is 24.3 Å². The monoisotopic (exact) mass is 389 g/mol. The number of nitrogens with two attached hydrogens (primary N) is 1. The average molecular weight is 390 g/mol. The van der Waals surface area contributed by atoms with E-state index in [1.54, 1.807) is 0 Å². The zero-order valence-corrected chi connectivity index (χ0v) is 14.9. The summed E-state index contributed by atoms with van der Waals surface area (Å²) in [6.07, 6.45) is 2.40. The summed E-state index contributed by atoms with van der Waals surface area (Å²) in [5, 5.41) is 3.39. The number of halogens is 1. The molecule has 1 aliphatic heterocycles. The minimum Gasteiger partial charge on any atom is -0.370 e. The second-order valence-electron chi connectivity index (χ2n) is 6.22. The Bertz CT molecular complexity index is 737. The molecule has 1 aliphatic carbocycles. The molecule has 0 spiro atoms. The van der Waals surface area contributed by atoms with Gasteiger partial charge in [0.05, 0.1) is 6.61 Å². The van der Waals surface area contributed by atoms with Crippen molar-refractivity contribution in [3.63, 3.8) is 0 Å². The Kier molecular flexibility index (Phi) is 4.28. The summed E-state index contributed by atoms with van der Waals surface area (Å²) < 4.78 is 7.03. The molecule has 1 saturated carbocycles. The van der Waals surface area contributed by atoms with Crippen LogP contribution < -0.4 is 16.0 Å². The summed E-state index contributed by atoms with van der Waals surface area (Å²) in [4.78, 5) is 10.9. The highest BCUT2D eigenvalue weighted by Gasteiger charge is 2.26. The van der Waals surface area contributed by atoms with Gasteiger partial charge < -0.3 is 20.7 Å². The van der Waals surface area contributed by atoms with Crippen LogP contribution in [0.15, 0.2) is 34.8 Å². The van der Waals surface area contributed by atoms with Crippen LogP contribution in [0.25, 0.3) is 0 Å². The van der Waals surface area contributed by atoms with Gasteiger partial charge in [-0.05, 0) is 24.5 Å². The van der Waals surface area contributed by atoms with Crippen molar-refractivity contribution in [1.82, 2.24) is 9.97 Å². The van der Waals surface area contributed by atoms with E-state index >= 15 is 0 Å². The van der Waals surface area contributed by atoms with Crippen molar-refractivity contribution in [3.05, 3.63) is 40.4 Å². The van der Waals surface area contributed by atoms with Crippen molar-refractivity contribution in [1.29, 1.82) is 0 Å². The number of aromatic nitrogens is 2. The fourth-order valence-corrected chi connectivity index (χ4v) is 3.45. The van der Waals surface area contributed by atoms with Gasteiger partial charge in [0.25, 0.3) is 0 Å². The number of nitrogens with zero attached hydrogens (tertiary/aromatic N) is 3. The summed E-state index contributed by atoms with van der Waals surface area (Å²) in [6, 6.07) is 10.7. The zero-order valence-electron chi connectivity index (χ0n) is 13.3. The second-order valence-corrected chi connectivity index (χ2v) is 7.07. The largest absolute Gasteiger partial charge is 0.370 e. The van der Waals surface area contributed by atoms with Crippen LogP contribution in [-0.2, 0) is 4.74 Å². The van der Waals surface area contributed by atoms with Crippen LogP contribution in [0.2, 0.25) is 0 Å². The molecule has 3 N–H and O–H groups in total. The molecule has 1 saturated heterocycles. The first-order valence-corrected chi connectivity index (χ1v) is 9.00. The minimum absolute atomic E-state index is 0.00496. The van der Waals surface area contributed by atoms with E-state index in [9.17, 15) is 0 Å². The number of rotatable bonds is 4. The number of nitrogens with one attached hydrogen (secondary N) is 1. The molecule has 2 heterocycles. The molecule has 1 aromatic carbocycles. The first-order valence-electron chi connectivity index (χ1n) is 8.21. The molecule has 0 radical (unpaired) electrons. The van der Waals surface area contributed by atoms with Gasteiger partial charge in [0.1, 0.15) is 17.7 Å². The van der Waals surface area contributed by atoms with E-state index in [-0.39, 0.29) is 6.10 Å². The number of hydrogen-bond acceptors (Lipinski definition) is 6. The van der Waals surface area contributed by atoms with Crippen LogP contribution in [0.3, 0.4) is 0 Å². The van der Waals surface area contributed by atoms with Gasteiger partial charge in [-0.15, -0.1) is 0 Å². The quantitative estimate of drug-likeness (QED) is 0.836. The van der Waals surface area contributed by atoms with Gasteiger partial charge in [0.2, 0.25) is 5.95 Å². The van der Waals surface area contributed by atoms with E-state index in [2.05, 4.69) is 42.2 Å². The SMILES string of the molecule is Nc1nc(NC2CC2)cc(N2CCO[C@H](c3ccccc3Br)C2)n1. The molecule has 126 valence electrons. The molecule has 1 aromatic heterocycles. The third-order valence-corrected chi connectivity index (χ3v) is 5.02. The first kappa shape index (κ1) is 15.7. The molecule has 2 aromatic rings. The van der Waals surface area contributed by atoms with E-state index in [4.69, 9.17) is 10.5 Å². The summed E-state index contributed by atoms with van der Waals surface area (Å²) in [5.74, 6) is 1.97. The Morgan fingerprint density at radius 2 is 2.08 bits per heavy atom. The molecule has 24 heavy (non-hydrogen) atoms. The van der Waals surface area contributed by atoms with Crippen molar-refractivity contribution in [2.24, 2.45) is 0 Å². The molecule has 0 unspecified atom stereocenters. The van der Waals surface area contributed by atoms with Crippen LogP contribution in [0.1, 0.15) is 24.5 Å². The molecule has 6 nitrogen and oxygen atoms in total. The molecule has 1 atom stereocenters. The fourth-order valence-electron chi connectivity index (χ4n) is 2.91. The van der Waals surface area contributed by atoms with Crippen molar-refractivity contribution in [3.8, 4) is 0 Å². The summed E-state index contributed by atoms with van der Waals surface area (Å²) >= 11 is 3.61. The number of morpholine rings is 1. The standard InChI is InChI=1S/C17H20BrN5O/c18-13-4-2-1-3-12(13)14-10-23(7-8-24-14)16-9-15(20-11-5-6-11)21-17(19)22-16/h1-4,9,11,14H,5-8,10H2,(H3,19,20,21,22)/t14-/m0/s1. The fraction of sp³-hybridized carbons (Fsp3) is 0.412. The number of hydrogen-bond donors (Lipinski definition) is 2. The Labute approximate surface area is 149 Å². The topological polar surface area (TPSA) is 76.3 Å². The Morgan fingerprint density at radius 1 is 1.25 bits per heavy atom. The molecule has 0 bridgehead atoms. The molecular formula is C17H20BrN5O. The Morgan fingerprint density at radius 3 is 2.88 bits per heavy atom. The maximum absolute atomic E-state index is 5.97. The van der Waals surface area contributed by atoms with Crippen molar-refractivity contribution >= 4 is 33.5 Å². The van der Waals surface area contributed by atoms with Gasteiger partial charge in [-0.2, -0.15) is 9.97 Å².